The second-order valence-corrected chi connectivity index (χ2v) is 8.88. The lowest BCUT2D eigenvalue weighted by Crippen LogP contribution is -2.31. The van der Waals surface area contributed by atoms with Crippen LogP contribution in [0.15, 0.2) is 35.4 Å². The summed E-state index contributed by atoms with van der Waals surface area (Å²) in [6, 6.07) is 11.5. The van der Waals surface area contributed by atoms with Crippen LogP contribution in [-0.4, -0.2) is 22.0 Å². The quantitative estimate of drug-likeness (QED) is 0.710. The molecule has 2 heterocycles. The Labute approximate surface area is 175 Å². The van der Waals surface area contributed by atoms with Crippen LogP contribution in [0.2, 0.25) is 0 Å². The van der Waals surface area contributed by atoms with Gasteiger partial charge in [0.15, 0.2) is 0 Å². The third kappa shape index (κ3) is 4.06. The number of carbonyl (C=O) groups excluding carboxylic acids is 2. The average molecular weight is 406 g/mol. The Bertz CT molecular complexity index is 994. The lowest BCUT2D eigenvalue weighted by atomic mass is 9.96. The zero-order chi connectivity index (χ0) is 20.4. The summed E-state index contributed by atoms with van der Waals surface area (Å²) < 4.78 is 0. The summed E-state index contributed by atoms with van der Waals surface area (Å²) in [7, 11) is 0. The van der Waals surface area contributed by atoms with E-state index in [1.807, 2.05) is 25.1 Å². The number of imide groups is 1. The predicted molar refractivity (Wildman–Crippen MR) is 113 cm³/mol. The van der Waals surface area contributed by atoms with Gasteiger partial charge in [-0.25, -0.2) is 9.88 Å². The summed E-state index contributed by atoms with van der Waals surface area (Å²) in [5.41, 5.74) is 4.37. The van der Waals surface area contributed by atoms with Gasteiger partial charge in [-0.15, -0.1) is 0 Å². The van der Waals surface area contributed by atoms with Crippen molar-refractivity contribution in [2.45, 2.75) is 62.1 Å². The number of pyridine rings is 1. The molecule has 0 spiro atoms. The zero-order valence-electron chi connectivity index (χ0n) is 16.5. The standard InChI is InChI=1S/C23H23N3O2S/c1-15-8-10-18(11-9-15)26-21(27)13-20(23(26)28)29-22-17(14-24)12-16-6-4-2-3-5-7-19(16)25-22/h8-12,20H,2-7,13H2,1H3. The molecule has 0 saturated carbocycles. The smallest absolute Gasteiger partial charge is 0.247 e. The number of benzene rings is 1. The van der Waals surface area contributed by atoms with Crippen LogP contribution < -0.4 is 4.90 Å². The normalized spacial score (nSPS) is 19.4. The Morgan fingerprint density at radius 3 is 2.55 bits per heavy atom. The summed E-state index contributed by atoms with van der Waals surface area (Å²) in [5.74, 6) is -0.442. The van der Waals surface area contributed by atoms with Gasteiger partial charge in [0.1, 0.15) is 11.1 Å². The van der Waals surface area contributed by atoms with Crippen molar-refractivity contribution < 1.29 is 9.59 Å². The van der Waals surface area contributed by atoms with Gasteiger partial charge in [0.2, 0.25) is 11.8 Å². The molecule has 1 atom stereocenters. The molecule has 0 N–H and O–H groups in total. The number of nitriles is 1. The van der Waals surface area contributed by atoms with Gasteiger partial charge in [-0.1, -0.05) is 42.3 Å². The number of nitrogens with zero attached hydrogens (tertiary/aromatic N) is 3. The largest absolute Gasteiger partial charge is 0.274 e. The van der Waals surface area contributed by atoms with Crippen LogP contribution in [0, 0.1) is 18.3 Å². The molecule has 4 rings (SSSR count). The van der Waals surface area contributed by atoms with Crippen LogP contribution in [0.25, 0.3) is 0 Å². The lowest BCUT2D eigenvalue weighted by molar-refractivity contribution is -0.121. The van der Waals surface area contributed by atoms with E-state index in [9.17, 15) is 14.9 Å². The fourth-order valence-electron chi connectivity index (χ4n) is 3.93. The molecule has 2 aliphatic rings. The topological polar surface area (TPSA) is 74.1 Å². The number of aromatic nitrogens is 1. The van der Waals surface area contributed by atoms with Gasteiger partial charge < -0.3 is 0 Å². The Morgan fingerprint density at radius 2 is 1.83 bits per heavy atom. The predicted octanol–water partition coefficient (Wildman–Crippen LogP) is 4.34. The zero-order valence-corrected chi connectivity index (χ0v) is 17.3. The summed E-state index contributed by atoms with van der Waals surface area (Å²) in [4.78, 5) is 31.6. The van der Waals surface area contributed by atoms with Gasteiger partial charge in [0.25, 0.3) is 0 Å². The number of aryl methyl sites for hydroxylation is 3. The number of carbonyl (C=O) groups is 2. The van der Waals surface area contributed by atoms with Gasteiger partial charge in [0.05, 0.1) is 16.5 Å². The Morgan fingerprint density at radius 1 is 1.10 bits per heavy atom. The first-order valence-corrected chi connectivity index (χ1v) is 11.0. The number of anilines is 1. The Kier molecular flexibility index (Phi) is 5.68. The van der Waals surface area contributed by atoms with Crippen molar-refractivity contribution in [3.8, 4) is 6.07 Å². The fourth-order valence-corrected chi connectivity index (χ4v) is 5.03. The molecule has 5 nitrogen and oxygen atoms in total. The first kappa shape index (κ1) is 19.7. The SMILES string of the molecule is Cc1ccc(N2C(=O)CC(Sc3nc4c(cc3C#N)CCCCCC4)C2=O)cc1. The van der Waals surface area contributed by atoms with Gasteiger partial charge in [-0.3, -0.25) is 9.59 Å². The molecule has 0 bridgehead atoms. The molecule has 148 valence electrons. The van der Waals surface area contributed by atoms with E-state index in [0.717, 1.165) is 42.5 Å². The van der Waals surface area contributed by atoms with Crippen molar-refractivity contribution >= 4 is 29.3 Å². The van der Waals surface area contributed by atoms with Gasteiger partial charge in [-0.05, 0) is 56.4 Å². The first-order valence-electron chi connectivity index (χ1n) is 10.1. The van der Waals surface area contributed by atoms with Crippen LogP contribution in [0.5, 0.6) is 0 Å². The molecule has 0 radical (unpaired) electrons. The van der Waals surface area contributed by atoms with E-state index in [1.54, 1.807) is 12.1 Å². The molecule has 1 aliphatic heterocycles. The summed E-state index contributed by atoms with van der Waals surface area (Å²) in [5, 5.41) is 9.65. The van der Waals surface area contributed by atoms with Crippen LogP contribution >= 0.6 is 11.8 Å². The van der Waals surface area contributed by atoms with Gasteiger partial charge >= 0.3 is 0 Å². The number of amides is 2. The number of hydrogen-bond donors (Lipinski definition) is 0. The highest BCUT2D eigenvalue weighted by Gasteiger charge is 2.40. The highest BCUT2D eigenvalue weighted by Crippen LogP contribution is 2.35. The fraction of sp³-hybridized carbons (Fsp3) is 0.391. The van der Waals surface area contributed by atoms with Gasteiger partial charge in [0, 0.05) is 12.1 Å². The van der Waals surface area contributed by atoms with E-state index in [0.29, 0.717) is 16.3 Å². The summed E-state index contributed by atoms with van der Waals surface area (Å²) in [6.07, 6.45) is 6.61. The molecule has 1 fully saturated rings. The summed E-state index contributed by atoms with van der Waals surface area (Å²) in [6.45, 7) is 1.96. The molecule has 29 heavy (non-hydrogen) atoms. The minimum atomic E-state index is -0.546. The van der Waals surface area contributed by atoms with Crippen molar-refractivity contribution in [3.05, 3.63) is 52.7 Å². The number of rotatable bonds is 3. The van der Waals surface area contributed by atoms with Crippen LogP contribution in [-0.2, 0) is 22.4 Å². The Hall–Kier alpha value is -2.65. The van der Waals surface area contributed by atoms with Gasteiger partial charge in [-0.2, -0.15) is 5.26 Å². The molecular formula is C23H23N3O2S. The second kappa shape index (κ2) is 8.38. The molecule has 6 heteroatoms. The van der Waals surface area contributed by atoms with Crippen molar-refractivity contribution in [3.63, 3.8) is 0 Å². The maximum Gasteiger partial charge on any atom is 0.247 e. The molecular weight excluding hydrogens is 382 g/mol. The third-order valence-electron chi connectivity index (χ3n) is 5.54. The maximum atomic E-state index is 13.0. The number of thioether (sulfide) groups is 1. The van der Waals surface area contributed by atoms with Crippen molar-refractivity contribution in [2.24, 2.45) is 0 Å². The van der Waals surface area contributed by atoms with Crippen LogP contribution in [0.3, 0.4) is 0 Å². The molecule has 1 unspecified atom stereocenters. The average Bonchev–Trinajstić information content (AvgIpc) is 2.97. The van der Waals surface area contributed by atoms with Crippen molar-refractivity contribution in [1.82, 2.24) is 4.98 Å². The second-order valence-electron chi connectivity index (χ2n) is 7.69. The van der Waals surface area contributed by atoms with E-state index >= 15 is 0 Å². The maximum absolute atomic E-state index is 13.0. The lowest BCUT2D eigenvalue weighted by Gasteiger charge is -2.17. The first-order chi connectivity index (χ1) is 14.1. The monoisotopic (exact) mass is 405 g/mol. The highest BCUT2D eigenvalue weighted by molar-refractivity contribution is 8.00. The van der Waals surface area contributed by atoms with E-state index in [-0.39, 0.29) is 18.2 Å². The molecule has 1 aromatic carbocycles. The Balaban J connectivity index is 1.59. The minimum Gasteiger partial charge on any atom is -0.274 e. The van der Waals surface area contributed by atoms with E-state index < -0.39 is 5.25 Å². The minimum absolute atomic E-state index is 0.126. The molecule has 1 aliphatic carbocycles. The highest BCUT2D eigenvalue weighted by atomic mass is 32.2. The van der Waals surface area contributed by atoms with Crippen molar-refractivity contribution in [1.29, 1.82) is 5.26 Å². The molecule has 2 aromatic rings. The van der Waals surface area contributed by atoms with Crippen LogP contribution in [0.1, 0.15) is 54.5 Å². The molecule has 1 saturated heterocycles. The molecule has 2 amide bonds. The number of hydrogen-bond acceptors (Lipinski definition) is 5. The third-order valence-corrected chi connectivity index (χ3v) is 6.72. The van der Waals surface area contributed by atoms with Crippen LogP contribution in [0.4, 0.5) is 5.69 Å². The van der Waals surface area contributed by atoms with E-state index in [4.69, 9.17) is 4.98 Å². The van der Waals surface area contributed by atoms with E-state index in [2.05, 4.69) is 6.07 Å². The van der Waals surface area contributed by atoms with E-state index in [1.165, 1.54) is 29.5 Å². The van der Waals surface area contributed by atoms with Crippen molar-refractivity contribution in [2.75, 3.05) is 4.90 Å². The molecule has 1 aromatic heterocycles. The number of fused-ring (bicyclic) bond motifs is 1. The summed E-state index contributed by atoms with van der Waals surface area (Å²) >= 11 is 1.26.